The van der Waals surface area contributed by atoms with Gasteiger partial charge in [-0.25, -0.2) is 0 Å². The van der Waals surface area contributed by atoms with Gasteiger partial charge < -0.3 is 9.80 Å². The van der Waals surface area contributed by atoms with E-state index >= 15 is 0 Å². The van der Waals surface area contributed by atoms with Gasteiger partial charge in [0.05, 0.1) is 27.6 Å². The Morgan fingerprint density at radius 2 is 1.71 bits per heavy atom. The van der Waals surface area contributed by atoms with E-state index in [9.17, 15) is 4.79 Å². The van der Waals surface area contributed by atoms with Gasteiger partial charge in [0.1, 0.15) is 5.02 Å². The van der Waals surface area contributed by atoms with Crippen molar-refractivity contribution in [2.45, 2.75) is 25.7 Å². The second kappa shape index (κ2) is 8.62. The first-order chi connectivity index (χ1) is 13.5. The number of hydrogen-bond acceptors (Lipinski definition) is 4. The minimum Gasteiger partial charge on any atom is -0.370 e. The second-order valence-electron chi connectivity index (χ2n) is 7.60. The van der Waals surface area contributed by atoms with Crippen LogP contribution in [0.5, 0.6) is 0 Å². The molecule has 2 aliphatic rings. The zero-order valence-corrected chi connectivity index (χ0v) is 17.8. The van der Waals surface area contributed by atoms with Gasteiger partial charge in [-0.2, -0.15) is 9.78 Å². The van der Waals surface area contributed by atoms with E-state index in [0.717, 1.165) is 24.7 Å². The summed E-state index contributed by atoms with van der Waals surface area (Å²) in [7, 11) is 0. The van der Waals surface area contributed by atoms with Crippen LogP contribution in [-0.2, 0) is 0 Å². The molecule has 0 bridgehead atoms. The highest BCUT2D eigenvalue weighted by molar-refractivity contribution is 6.41. The van der Waals surface area contributed by atoms with Gasteiger partial charge >= 0.3 is 0 Å². The fraction of sp³-hybridized carbons (Fsp3) is 0.500. The summed E-state index contributed by atoms with van der Waals surface area (Å²) in [6, 6.07) is 5.55. The first kappa shape index (κ1) is 20.0. The van der Waals surface area contributed by atoms with E-state index in [0.29, 0.717) is 10.7 Å². The Bertz CT molecular complexity index is 903. The average molecular weight is 442 g/mol. The van der Waals surface area contributed by atoms with Crippen LogP contribution in [0, 0.1) is 5.92 Å². The summed E-state index contributed by atoms with van der Waals surface area (Å²) in [6.45, 7) is 5.75. The van der Waals surface area contributed by atoms with Gasteiger partial charge in [0.2, 0.25) is 0 Å². The smallest absolute Gasteiger partial charge is 0.291 e. The number of benzene rings is 1. The first-order valence-electron chi connectivity index (χ1n) is 9.73. The van der Waals surface area contributed by atoms with Crippen molar-refractivity contribution >= 4 is 40.5 Å². The summed E-state index contributed by atoms with van der Waals surface area (Å²) in [4.78, 5) is 17.2. The monoisotopic (exact) mass is 440 g/mol. The van der Waals surface area contributed by atoms with E-state index in [2.05, 4.69) is 14.9 Å². The Hall–Kier alpha value is -1.27. The van der Waals surface area contributed by atoms with Crippen molar-refractivity contribution in [2.75, 3.05) is 37.6 Å². The molecule has 0 spiro atoms. The largest absolute Gasteiger partial charge is 0.370 e. The van der Waals surface area contributed by atoms with Crippen LogP contribution >= 0.6 is 34.8 Å². The molecule has 28 heavy (non-hydrogen) atoms. The number of halogens is 3. The van der Waals surface area contributed by atoms with Crippen LogP contribution in [-0.4, -0.2) is 47.4 Å². The molecule has 2 aliphatic heterocycles. The number of piperidine rings is 1. The summed E-state index contributed by atoms with van der Waals surface area (Å²) in [5, 5.41) is 4.77. The zero-order chi connectivity index (χ0) is 19.7. The molecule has 0 saturated carbocycles. The van der Waals surface area contributed by atoms with Gasteiger partial charge in [-0.1, -0.05) is 34.8 Å². The van der Waals surface area contributed by atoms with Crippen molar-refractivity contribution in [3.05, 3.63) is 49.8 Å². The highest BCUT2D eigenvalue weighted by atomic mass is 35.5. The molecule has 8 heteroatoms. The number of rotatable bonds is 4. The van der Waals surface area contributed by atoms with Crippen molar-refractivity contribution in [1.82, 2.24) is 14.7 Å². The van der Waals surface area contributed by atoms with Crippen LogP contribution in [0.1, 0.15) is 25.7 Å². The number of aromatic nitrogens is 2. The quantitative estimate of drug-likeness (QED) is 0.700. The second-order valence-corrected chi connectivity index (χ2v) is 8.79. The first-order valence-corrected chi connectivity index (χ1v) is 10.9. The number of hydrogen-bond donors (Lipinski definition) is 0. The minimum absolute atomic E-state index is 0.0445. The van der Waals surface area contributed by atoms with Crippen LogP contribution < -0.4 is 10.5 Å². The molecule has 0 radical (unpaired) electrons. The number of nitrogens with zero attached hydrogens (tertiary/aromatic N) is 4. The fourth-order valence-electron chi connectivity index (χ4n) is 4.17. The average Bonchev–Trinajstić information content (AvgIpc) is 3.20. The van der Waals surface area contributed by atoms with Crippen molar-refractivity contribution in [3.63, 3.8) is 0 Å². The molecule has 0 atom stereocenters. The lowest BCUT2D eigenvalue weighted by Crippen LogP contribution is -2.38. The maximum Gasteiger partial charge on any atom is 0.291 e. The van der Waals surface area contributed by atoms with E-state index in [1.54, 1.807) is 6.07 Å². The maximum absolute atomic E-state index is 12.3. The van der Waals surface area contributed by atoms with E-state index in [4.69, 9.17) is 34.8 Å². The lowest BCUT2D eigenvalue weighted by atomic mass is 9.96. The molecule has 1 aromatic carbocycles. The Morgan fingerprint density at radius 1 is 1.00 bits per heavy atom. The van der Waals surface area contributed by atoms with Gasteiger partial charge in [0.15, 0.2) is 0 Å². The number of likely N-dealkylation sites (tertiary alicyclic amines) is 1. The van der Waals surface area contributed by atoms with E-state index in [1.807, 2.05) is 12.1 Å². The van der Waals surface area contributed by atoms with Crippen LogP contribution in [0.3, 0.4) is 0 Å². The van der Waals surface area contributed by atoms with Crippen molar-refractivity contribution < 1.29 is 0 Å². The Balaban J connectivity index is 1.45. The molecular weight excluding hydrogens is 419 g/mol. The molecule has 0 N–H and O–H groups in total. The van der Waals surface area contributed by atoms with Crippen molar-refractivity contribution in [3.8, 4) is 5.69 Å². The van der Waals surface area contributed by atoms with Gasteiger partial charge in [-0.05, 0) is 62.9 Å². The SMILES string of the molecule is O=c1c(Cl)c(Cl)cnn1-c1ccc(N2CCC(CN3CCCC3)CC2)c(Cl)c1. The summed E-state index contributed by atoms with van der Waals surface area (Å²) in [5.74, 6) is 0.770. The molecule has 2 aromatic rings. The molecule has 5 nitrogen and oxygen atoms in total. The minimum atomic E-state index is -0.458. The summed E-state index contributed by atoms with van der Waals surface area (Å²) < 4.78 is 1.21. The number of anilines is 1. The Kier molecular flexibility index (Phi) is 6.16. The normalized spacial score (nSPS) is 18.8. The van der Waals surface area contributed by atoms with Gasteiger partial charge in [-0.15, -0.1) is 0 Å². The summed E-state index contributed by atoms with van der Waals surface area (Å²) in [6.07, 6.45) is 6.41. The maximum atomic E-state index is 12.3. The van der Waals surface area contributed by atoms with Crippen molar-refractivity contribution in [1.29, 1.82) is 0 Å². The predicted molar refractivity (Wildman–Crippen MR) is 115 cm³/mol. The van der Waals surface area contributed by atoms with E-state index < -0.39 is 5.56 Å². The van der Waals surface area contributed by atoms with E-state index in [1.165, 1.54) is 56.2 Å². The fourth-order valence-corrected chi connectivity index (χ4v) is 4.72. The predicted octanol–water partition coefficient (Wildman–Crippen LogP) is 4.50. The molecule has 4 rings (SSSR count). The summed E-state index contributed by atoms with van der Waals surface area (Å²) >= 11 is 18.4. The van der Waals surface area contributed by atoms with Gasteiger partial charge in [-0.3, -0.25) is 4.79 Å². The third-order valence-corrected chi connectivity index (χ3v) is 6.77. The Labute approximate surface area is 179 Å². The van der Waals surface area contributed by atoms with Crippen LogP contribution in [0.4, 0.5) is 5.69 Å². The van der Waals surface area contributed by atoms with E-state index in [-0.39, 0.29) is 10.0 Å². The molecule has 0 unspecified atom stereocenters. The van der Waals surface area contributed by atoms with Crippen molar-refractivity contribution in [2.24, 2.45) is 5.92 Å². The van der Waals surface area contributed by atoms with Crippen LogP contribution in [0.25, 0.3) is 5.69 Å². The summed E-state index contributed by atoms with van der Waals surface area (Å²) in [5.41, 5.74) is 1.11. The standard InChI is InChI=1S/C20H23Cl3N4O/c21-16-11-15(27-20(28)19(23)17(22)12-24-27)3-4-18(16)26-9-5-14(6-10-26)13-25-7-1-2-8-25/h3-4,11-12,14H,1-2,5-10,13H2. The lowest BCUT2D eigenvalue weighted by Gasteiger charge is -2.35. The third kappa shape index (κ3) is 4.18. The molecular formula is C20H23Cl3N4O. The molecule has 2 fully saturated rings. The van der Waals surface area contributed by atoms with Gasteiger partial charge in [0.25, 0.3) is 5.56 Å². The molecule has 1 aromatic heterocycles. The van der Waals surface area contributed by atoms with Crippen LogP contribution in [0.15, 0.2) is 29.2 Å². The highest BCUT2D eigenvalue weighted by Gasteiger charge is 2.24. The molecule has 2 saturated heterocycles. The molecule has 150 valence electrons. The van der Waals surface area contributed by atoms with Gasteiger partial charge in [0, 0.05) is 19.6 Å². The third-order valence-electron chi connectivity index (χ3n) is 5.72. The zero-order valence-electron chi connectivity index (χ0n) is 15.6. The lowest BCUT2D eigenvalue weighted by molar-refractivity contribution is 0.249. The topological polar surface area (TPSA) is 41.4 Å². The molecule has 0 amide bonds. The Morgan fingerprint density at radius 3 is 2.39 bits per heavy atom. The van der Waals surface area contributed by atoms with Crippen LogP contribution in [0.2, 0.25) is 15.1 Å². The highest BCUT2D eigenvalue weighted by Crippen LogP contribution is 2.32. The molecule has 0 aliphatic carbocycles. The molecule has 3 heterocycles.